The van der Waals surface area contributed by atoms with Gasteiger partial charge in [0.2, 0.25) is 0 Å². The summed E-state index contributed by atoms with van der Waals surface area (Å²) in [5.41, 5.74) is 8.53. The summed E-state index contributed by atoms with van der Waals surface area (Å²) in [7, 11) is 0. The summed E-state index contributed by atoms with van der Waals surface area (Å²) < 4.78 is 24.1. The van der Waals surface area contributed by atoms with Crippen LogP contribution in [0.1, 0.15) is 12.0 Å². The van der Waals surface area contributed by atoms with Gasteiger partial charge in [-0.1, -0.05) is 35.4 Å². The predicted octanol–water partition coefficient (Wildman–Crippen LogP) is 2.97. The molecule has 0 saturated carbocycles. The van der Waals surface area contributed by atoms with E-state index < -0.39 is 11.9 Å². The monoisotopic (exact) mass is 251 g/mol. The molecule has 0 spiro atoms. The van der Waals surface area contributed by atoms with E-state index in [-0.39, 0.29) is 6.42 Å². The zero-order valence-electron chi connectivity index (χ0n) is 9.83. The van der Waals surface area contributed by atoms with Gasteiger partial charge in [0.05, 0.1) is 19.8 Å². The smallest absolute Gasteiger partial charge is 0.181 e. The second-order valence-electron chi connectivity index (χ2n) is 4.29. The lowest BCUT2D eigenvalue weighted by Crippen LogP contribution is -2.53. The van der Waals surface area contributed by atoms with Crippen LogP contribution < -0.4 is 0 Å². The van der Waals surface area contributed by atoms with Crippen LogP contribution in [0.3, 0.4) is 0 Å². The van der Waals surface area contributed by atoms with Crippen molar-refractivity contribution in [3.63, 3.8) is 0 Å². The van der Waals surface area contributed by atoms with E-state index in [0.29, 0.717) is 19.8 Å². The normalized spacial score (nSPS) is 18.5. The van der Waals surface area contributed by atoms with Gasteiger partial charge in [0.1, 0.15) is 5.60 Å². The Balaban J connectivity index is 1.90. The van der Waals surface area contributed by atoms with E-state index in [1.54, 1.807) is 0 Å². The molecule has 5 nitrogen and oxygen atoms in total. The third-order valence-corrected chi connectivity index (χ3v) is 2.84. The molecule has 1 aliphatic heterocycles. The van der Waals surface area contributed by atoms with E-state index in [2.05, 4.69) is 10.0 Å². The molecule has 1 aromatic carbocycles. The molecule has 2 rings (SSSR count). The van der Waals surface area contributed by atoms with E-state index >= 15 is 0 Å². The van der Waals surface area contributed by atoms with E-state index in [1.165, 1.54) is 0 Å². The predicted molar refractivity (Wildman–Crippen MR) is 63.4 cm³/mol. The molecule has 1 saturated heterocycles. The van der Waals surface area contributed by atoms with Crippen molar-refractivity contribution in [2.45, 2.75) is 24.9 Å². The molecule has 1 aromatic rings. The second kappa shape index (κ2) is 5.82. The first-order valence-electron chi connectivity index (χ1n) is 5.68. The van der Waals surface area contributed by atoms with Gasteiger partial charge >= 0.3 is 0 Å². The molecule has 0 aliphatic carbocycles. The molecule has 1 aliphatic rings. The minimum absolute atomic E-state index is 0.0316. The van der Waals surface area contributed by atoms with Crippen LogP contribution in [0.15, 0.2) is 35.4 Å². The van der Waals surface area contributed by atoms with Crippen LogP contribution in [0.5, 0.6) is 0 Å². The van der Waals surface area contributed by atoms with Gasteiger partial charge in [0, 0.05) is 11.3 Å². The fourth-order valence-electron chi connectivity index (χ4n) is 1.80. The number of hydrogen-bond acceptors (Lipinski definition) is 3. The highest BCUT2D eigenvalue weighted by Gasteiger charge is 2.41. The average molecular weight is 251 g/mol. The number of ether oxygens (including phenoxy) is 2. The lowest BCUT2D eigenvalue weighted by molar-refractivity contribution is -0.223. The van der Waals surface area contributed by atoms with E-state index in [9.17, 15) is 4.39 Å². The summed E-state index contributed by atoms with van der Waals surface area (Å²) in [6.45, 7) is 1.07. The van der Waals surface area contributed by atoms with Gasteiger partial charge in [0.25, 0.3) is 0 Å². The van der Waals surface area contributed by atoms with Crippen molar-refractivity contribution >= 4 is 0 Å². The number of halogens is 1. The molecule has 0 bridgehead atoms. The number of hydrogen-bond donors (Lipinski definition) is 0. The Morgan fingerprint density at radius 2 is 2.17 bits per heavy atom. The Labute approximate surface area is 104 Å². The van der Waals surface area contributed by atoms with Gasteiger partial charge in [-0.3, -0.25) is 0 Å². The maximum Gasteiger partial charge on any atom is 0.181 e. The number of nitrogens with zero attached hydrogens (tertiary/aromatic N) is 3. The highest BCUT2D eigenvalue weighted by Crippen LogP contribution is 2.30. The van der Waals surface area contributed by atoms with Crippen molar-refractivity contribution in [1.29, 1.82) is 0 Å². The lowest BCUT2D eigenvalue weighted by atomic mass is 9.97. The molecular weight excluding hydrogens is 237 g/mol. The summed E-state index contributed by atoms with van der Waals surface area (Å²) >= 11 is 0. The first-order valence-corrected chi connectivity index (χ1v) is 5.68. The highest BCUT2D eigenvalue weighted by molar-refractivity contribution is 5.13. The molecule has 0 amide bonds. The Hall–Kier alpha value is -1.62. The van der Waals surface area contributed by atoms with Crippen LogP contribution in [0.2, 0.25) is 0 Å². The fourth-order valence-corrected chi connectivity index (χ4v) is 1.80. The minimum atomic E-state index is -1.57. The van der Waals surface area contributed by atoms with Crippen LogP contribution in [0, 0.1) is 0 Å². The van der Waals surface area contributed by atoms with Gasteiger partial charge < -0.3 is 9.47 Å². The molecular formula is C12H14FN3O2. The second-order valence-corrected chi connectivity index (χ2v) is 4.29. The average Bonchev–Trinajstić information content (AvgIpc) is 2.34. The van der Waals surface area contributed by atoms with E-state index in [4.69, 9.17) is 15.0 Å². The quantitative estimate of drug-likeness (QED) is 0.337. The Morgan fingerprint density at radius 3 is 2.72 bits per heavy atom. The maximum atomic E-state index is 13.3. The zero-order valence-corrected chi connectivity index (χ0v) is 9.83. The molecule has 1 fully saturated rings. The van der Waals surface area contributed by atoms with Crippen molar-refractivity contribution in [3.05, 3.63) is 46.3 Å². The summed E-state index contributed by atoms with van der Waals surface area (Å²) in [4.78, 5) is 2.45. The van der Waals surface area contributed by atoms with Crippen LogP contribution >= 0.6 is 0 Å². The number of azide groups is 1. The Bertz CT molecular complexity index is 430. The van der Waals surface area contributed by atoms with Crippen molar-refractivity contribution in [2.75, 3.05) is 13.2 Å². The summed E-state index contributed by atoms with van der Waals surface area (Å²) in [5, 5.41) is 3.02. The molecule has 18 heavy (non-hydrogen) atoms. The third-order valence-electron chi connectivity index (χ3n) is 2.84. The highest BCUT2D eigenvalue weighted by atomic mass is 19.1. The van der Waals surface area contributed by atoms with Crippen molar-refractivity contribution in [1.82, 2.24) is 0 Å². The molecule has 96 valence electrons. The molecule has 1 atom stereocenters. The SMILES string of the molecule is [N-]=[N+]=NC(F)CC1(OCc2ccccc2)COC1. The first kappa shape index (κ1) is 12.8. The maximum absolute atomic E-state index is 13.3. The fraction of sp³-hybridized carbons (Fsp3) is 0.500. The lowest BCUT2D eigenvalue weighted by Gasteiger charge is -2.41. The summed E-state index contributed by atoms with van der Waals surface area (Å²) in [5.74, 6) is 0. The largest absolute Gasteiger partial charge is 0.375 e. The van der Waals surface area contributed by atoms with Crippen molar-refractivity contribution in [2.24, 2.45) is 5.11 Å². The first-order chi connectivity index (χ1) is 8.74. The molecule has 0 aromatic heterocycles. The van der Waals surface area contributed by atoms with E-state index in [1.807, 2.05) is 30.3 Å². The minimum Gasteiger partial charge on any atom is -0.375 e. The standard InChI is InChI=1S/C12H14FN3O2/c13-11(15-16-14)6-12(8-17-9-12)18-7-10-4-2-1-3-5-10/h1-5,11H,6-9H2. The third kappa shape index (κ3) is 3.20. The summed E-state index contributed by atoms with van der Waals surface area (Å²) in [6, 6.07) is 9.63. The number of rotatable bonds is 6. The van der Waals surface area contributed by atoms with Crippen LogP contribution in [-0.2, 0) is 16.1 Å². The Kier molecular flexibility index (Phi) is 4.15. The summed E-state index contributed by atoms with van der Waals surface area (Å²) in [6.07, 6.45) is -1.54. The molecule has 0 radical (unpaired) electrons. The van der Waals surface area contributed by atoms with Gasteiger partial charge in [-0.05, 0) is 11.1 Å². The topological polar surface area (TPSA) is 67.2 Å². The van der Waals surface area contributed by atoms with Gasteiger partial charge in [-0.25, -0.2) is 4.39 Å². The molecule has 1 heterocycles. The van der Waals surface area contributed by atoms with Gasteiger partial charge in [-0.15, -0.1) is 0 Å². The van der Waals surface area contributed by atoms with E-state index in [0.717, 1.165) is 5.56 Å². The van der Waals surface area contributed by atoms with Crippen LogP contribution in [0.4, 0.5) is 4.39 Å². The van der Waals surface area contributed by atoms with Gasteiger partial charge in [0.15, 0.2) is 6.30 Å². The molecule has 1 unspecified atom stereocenters. The number of benzene rings is 1. The van der Waals surface area contributed by atoms with Crippen LogP contribution in [-0.4, -0.2) is 25.1 Å². The van der Waals surface area contributed by atoms with Gasteiger partial charge in [-0.2, -0.15) is 0 Å². The zero-order chi connectivity index (χ0) is 12.8. The Morgan fingerprint density at radius 1 is 1.44 bits per heavy atom. The molecule has 0 N–H and O–H groups in total. The van der Waals surface area contributed by atoms with Crippen molar-refractivity contribution < 1.29 is 13.9 Å². The van der Waals surface area contributed by atoms with Crippen LogP contribution in [0.25, 0.3) is 10.4 Å². The number of alkyl halides is 1. The van der Waals surface area contributed by atoms with Crippen molar-refractivity contribution in [3.8, 4) is 0 Å². The molecule has 6 heteroatoms.